The van der Waals surface area contributed by atoms with Gasteiger partial charge in [0.05, 0.1) is 19.0 Å². The number of nitrogens with zero attached hydrogens (tertiary/aromatic N) is 1. The summed E-state index contributed by atoms with van der Waals surface area (Å²) in [6.07, 6.45) is 7.57. The first-order valence-electron chi connectivity index (χ1n) is 14.0. The maximum atomic E-state index is 13.5. The third-order valence-electron chi connectivity index (χ3n) is 6.75. The number of benzene rings is 1. The van der Waals surface area contributed by atoms with Gasteiger partial charge in [-0.2, -0.15) is 4.72 Å². The van der Waals surface area contributed by atoms with Crippen LogP contribution >= 0.6 is 7.60 Å². The monoisotopic (exact) mass is 572 g/mol. The number of piperidine rings is 1. The molecule has 1 heterocycles. The van der Waals surface area contributed by atoms with Crippen molar-refractivity contribution in [2.45, 2.75) is 77.9 Å². The van der Waals surface area contributed by atoms with Crippen LogP contribution in [-0.4, -0.2) is 71.4 Å². The number of rotatable bonds is 20. The molecule has 0 radical (unpaired) electrons. The van der Waals surface area contributed by atoms with Crippen molar-refractivity contribution in [1.82, 2.24) is 9.62 Å². The molecule has 38 heavy (non-hydrogen) atoms. The second-order valence-corrected chi connectivity index (χ2v) is 13.9. The third-order valence-corrected chi connectivity index (χ3v) is 10.7. The molecule has 1 saturated heterocycles. The Kier molecular flexibility index (Phi) is 15.3. The summed E-state index contributed by atoms with van der Waals surface area (Å²) in [4.78, 5) is 2.21. The van der Waals surface area contributed by atoms with Gasteiger partial charge in [-0.1, -0.05) is 25.5 Å². The van der Waals surface area contributed by atoms with Crippen molar-refractivity contribution in [3.05, 3.63) is 29.8 Å². The van der Waals surface area contributed by atoms with E-state index >= 15 is 0 Å². The van der Waals surface area contributed by atoms with Gasteiger partial charge in [0, 0.05) is 6.42 Å². The molecule has 0 aliphatic carbocycles. The molecule has 1 aliphatic rings. The number of hydrogen-bond acceptors (Lipinski definition) is 8. The van der Waals surface area contributed by atoms with Crippen LogP contribution in [0.15, 0.2) is 24.3 Å². The molecule has 0 bridgehead atoms. The van der Waals surface area contributed by atoms with E-state index in [1.807, 2.05) is 31.2 Å². The summed E-state index contributed by atoms with van der Waals surface area (Å²) in [5, 5.41) is 0. The average molecular weight is 573 g/mol. The molecule has 1 atom stereocenters. The number of likely N-dealkylation sites (tertiary alicyclic amines) is 1. The summed E-state index contributed by atoms with van der Waals surface area (Å²) in [6, 6.07) is 7.43. The van der Waals surface area contributed by atoms with E-state index in [1.54, 1.807) is 13.8 Å². The minimum absolute atomic E-state index is 0.0373. The van der Waals surface area contributed by atoms with Crippen molar-refractivity contribution in [2.24, 2.45) is 5.92 Å². The predicted octanol–water partition coefficient (Wildman–Crippen LogP) is 4.81. The smallest absolute Gasteiger partial charge is 0.308 e. The first-order valence-corrected chi connectivity index (χ1v) is 17.3. The summed E-state index contributed by atoms with van der Waals surface area (Å²) in [5.41, 5.74) is 0.807. The van der Waals surface area contributed by atoms with Crippen molar-refractivity contribution in [1.29, 1.82) is 0 Å². The first-order chi connectivity index (χ1) is 18.2. The standard InChI is InChI=1S/C26H46BN2O7PS/c1-4-7-20-38(32,33)28-26(37(31,35-5-2)36-6-3)21-24-11-13-25(14-12-24)34-19-9-8-10-23-15-17-29(18-16-23)22-27-30/h11-14,23,26,28H,4-10,15-22H2,1-3H3. The Hall–Kier alpha value is -1.10. The fourth-order valence-electron chi connectivity index (χ4n) is 4.63. The fourth-order valence-corrected chi connectivity index (χ4v) is 8.50. The van der Waals surface area contributed by atoms with Crippen LogP contribution in [0.1, 0.15) is 71.3 Å². The molecule has 216 valence electrons. The molecule has 1 aromatic carbocycles. The van der Waals surface area contributed by atoms with E-state index in [0.717, 1.165) is 69.6 Å². The number of nitrogens with one attached hydrogen (secondary N) is 1. The van der Waals surface area contributed by atoms with E-state index in [1.165, 1.54) is 6.42 Å². The minimum atomic E-state index is -3.72. The maximum absolute atomic E-state index is 13.5. The Morgan fingerprint density at radius 3 is 2.29 bits per heavy atom. The van der Waals surface area contributed by atoms with Crippen LogP contribution in [-0.2, 0) is 34.8 Å². The zero-order chi connectivity index (χ0) is 27.9. The zero-order valence-corrected chi connectivity index (χ0v) is 25.0. The van der Waals surface area contributed by atoms with Crippen LogP contribution in [0.4, 0.5) is 0 Å². The van der Waals surface area contributed by atoms with Crippen molar-refractivity contribution < 1.29 is 31.5 Å². The molecular weight excluding hydrogens is 526 g/mol. The topological polar surface area (TPSA) is 111 Å². The van der Waals surface area contributed by atoms with Crippen molar-refractivity contribution in [3.63, 3.8) is 0 Å². The molecule has 1 aromatic rings. The molecule has 0 amide bonds. The first kappa shape index (κ1) is 33.1. The number of sulfonamides is 1. The molecular formula is C26H46BN2O7PS. The van der Waals surface area contributed by atoms with Crippen LogP contribution in [0.5, 0.6) is 5.75 Å². The second kappa shape index (κ2) is 17.6. The van der Waals surface area contributed by atoms with Crippen LogP contribution < -0.4 is 9.46 Å². The molecule has 9 nitrogen and oxygen atoms in total. The molecule has 0 saturated carbocycles. The predicted molar refractivity (Wildman–Crippen MR) is 152 cm³/mol. The number of ether oxygens (including phenoxy) is 1. The summed E-state index contributed by atoms with van der Waals surface area (Å²) in [5.74, 6) is 0.425. The molecule has 12 heteroatoms. The Bertz CT molecular complexity index is 947. The van der Waals surface area contributed by atoms with E-state index in [9.17, 15) is 17.7 Å². The van der Waals surface area contributed by atoms with E-state index < -0.39 is 23.4 Å². The zero-order valence-electron chi connectivity index (χ0n) is 23.3. The van der Waals surface area contributed by atoms with Crippen molar-refractivity contribution in [2.75, 3.05) is 45.1 Å². The average Bonchev–Trinajstić information content (AvgIpc) is 2.89. The van der Waals surface area contributed by atoms with Gasteiger partial charge < -0.3 is 9.05 Å². The third kappa shape index (κ3) is 12.0. The van der Waals surface area contributed by atoms with Gasteiger partial charge in [0.25, 0.3) is 0 Å². The van der Waals surface area contributed by atoms with Gasteiger partial charge in [0.15, 0.2) is 0 Å². The summed E-state index contributed by atoms with van der Waals surface area (Å²) < 4.78 is 68.9. The number of hydrogen-bond donors (Lipinski definition) is 1. The fraction of sp³-hybridized carbons (Fsp3) is 0.769. The van der Waals surface area contributed by atoms with Gasteiger partial charge in [-0.3, -0.25) is 4.57 Å². The second-order valence-electron chi connectivity index (χ2n) is 9.78. The minimum Gasteiger partial charge on any atom is -0.308 e. The van der Waals surface area contributed by atoms with Gasteiger partial charge in [0.1, 0.15) is 5.78 Å². The molecule has 1 N–H and O–H groups in total. The SMILES string of the molecule is CCCCS(=O)(=O)NC(Cc1ccc(OCCCCC2CCN(CB=O)CC2)cc1)P(=O)(OCC)OCC. The Balaban J connectivity index is 1.88. The number of unbranched alkanes of at least 4 members (excludes halogenated alkanes) is 2. The van der Waals surface area contributed by atoms with Crippen LogP contribution in [0.3, 0.4) is 0 Å². The molecule has 1 unspecified atom stereocenters. The molecule has 1 aliphatic heterocycles. The molecule has 2 rings (SSSR count). The van der Waals surface area contributed by atoms with Gasteiger partial charge in [0.2, 0.25) is 10.0 Å². The summed E-state index contributed by atoms with van der Waals surface area (Å²) >= 11 is 0. The van der Waals surface area contributed by atoms with E-state index in [0.29, 0.717) is 19.5 Å². The molecule has 0 aromatic heterocycles. The van der Waals surface area contributed by atoms with Gasteiger partial charge in [-0.15, -0.1) is 0 Å². The van der Waals surface area contributed by atoms with Crippen molar-refractivity contribution >= 4 is 24.8 Å². The van der Waals surface area contributed by atoms with Gasteiger partial charge >= 0.3 is 111 Å². The van der Waals surface area contributed by atoms with E-state index in [4.69, 9.17) is 13.8 Å². The normalized spacial score (nSPS) is 16.3. The van der Waals surface area contributed by atoms with E-state index in [-0.39, 0.29) is 25.4 Å². The Labute approximate surface area is 230 Å². The van der Waals surface area contributed by atoms with Crippen LogP contribution in [0.2, 0.25) is 0 Å². The quantitative estimate of drug-likeness (QED) is 0.135. The van der Waals surface area contributed by atoms with Gasteiger partial charge in [-0.25, -0.2) is 8.42 Å². The molecule has 1 fully saturated rings. The van der Waals surface area contributed by atoms with Crippen LogP contribution in [0, 0.1) is 5.92 Å². The van der Waals surface area contributed by atoms with Gasteiger partial charge in [-0.05, 0) is 25.8 Å². The Morgan fingerprint density at radius 1 is 1.05 bits per heavy atom. The Morgan fingerprint density at radius 2 is 1.71 bits per heavy atom. The van der Waals surface area contributed by atoms with E-state index in [2.05, 4.69) is 9.62 Å². The molecule has 0 spiro atoms. The summed E-state index contributed by atoms with van der Waals surface area (Å²) in [7, 11) is -6.38. The van der Waals surface area contributed by atoms with Crippen LogP contribution in [0.25, 0.3) is 0 Å². The summed E-state index contributed by atoms with van der Waals surface area (Å²) in [6.45, 7) is 8.29. The van der Waals surface area contributed by atoms with Crippen molar-refractivity contribution in [3.8, 4) is 5.75 Å².